The van der Waals surface area contributed by atoms with Gasteiger partial charge in [0.15, 0.2) is 0 Å². The third-order valence-corrected chi connectivity index (χ3v) is 12.1. The van der Waals surface area contributed by atoms with Crippen molar-refractivity contribution in [3.63, 3.8) is 0 Å². The molecule has 4 aliphatic rings. The highest BCUT2D eigenvalue weighted by atomic mass is 35.5. The molecule has 0 spiro atoms. The molecule has 274 valence electrons. The predicted molar refractivity (Wildman–Crippen MR) is 209 cm³/mol. The number of nitrogens with one attached hydrogen (secondary N) is 1. The van der Waals surface area contributed by atoms with Gasteiger partial charge in [-0.3, -0.25) is 24.1 Å². The van der Waals surface area contributed by atoms with Gasteiger partial charge in [-0.2, -0.15) is 0 Å². The molecule has 3 fully saturated rings. The van der Waals surface area contributed by atoms with E-state index in [1.807, 2.05) is 78.9 Å². The van der Waals surface area contributed by atoms with Gasteiger partial charge in [-0.1, -0.05) is 83.9 Å². The van der Waals surface area contributed by atoms with Gasteiger partial charge < -0.3 is 15.2 Å². The van der Waals surface area contributed by atoms with Crippen molar-refractivity contribution >= 4 is 58.0 Å². The summed E-state index contributed by atoms with van der Waals surface area (Å²) in [6, 6.07) is 37.6. The fourth-order valence-electron chi connectivity index (χ4n) is 9.69. The van der Waals surface area contributed by atoms with Crippen LogP contribution in [0.3, 0.4) is 0 Å². The molecule has 55 heavy (non-hydrogen) atoms. The highest BCUT2D eigenvalue weighted by molar-refractivity contribution is 6.32. The molecule has 10 heteroatoms. The molecule has 0 aromatic heterocycles. The van der Waals surface area contributed by atoms with Crippen LogP contribution in [0.4, 0.5) is 22.7 Å². The van der Waals surface area contributed by atoms with Crippen LogP contribution < -0.4 is 19.9 Å². The average molecular weight is 750 g/mol. The monoisotopic (exact) mass is 749 g/mol. The van der Waals surface area contributed by atoms with Gasteiger partial charge in [-0.15, -0.1) is 0 Å². The molecule has 5 aromatic carbocycles. The number of hydrogen-bond donors (Lipinski definition) is 2. The SMILES string of the molecule is COc1cccc(O)c1[C@H]1C2=CC[C@@H]3C(=O)N(c4ccc(Nc5ccccc5)cc4)C(=O)[C@@H]3[C@@H]2C[C@H]2C(=O)N(c3cccc(Cl)c3)C(=O)[C@@]12c1ccccc1. The van der Waals surface area contributed by atoms with E-state index in [4.69, 9.17) is 16.3 Å². The van der Waals surface area contributed by atoms with Crippen molar-refractivity contribution in [3.8, 4) is 11.5 Å². The first-order chi connectivity index (χ1) is 26.7. The Morgan fingerprint density at radius 3 is 2.13 bits per heavy atom. The molecule has 2 aliphatic heterocycles. The standard InChI is InChI=1S/C45H36ClN3O6/c1-55-37-17-9-16-36(50)39(37)40-32-22-23-33-38(43(53)48(41(33)51)30-20-18-29(19-21-30)47-28-13-6-3-7-14-28)34(32)25-35-42(52)49(31-15-8-12-27(46)24-31)44(54)45(35,40)26-10-4-2-5-11-26/h2-22,24,33-35,38,40,47,50H,23,25H2,1H3/t33-,34+,35-,38-,40+,45+/m0/s1. The van der Waals surface area contributed by atoms with Crippen LogP contribution in [-0.4, -0.2) is 35.8 Å². The van der Waals surface area contributed by atoms with Gasteiger partial charge >= 0.3 is 0 Å². The topological polar surface area (TPSA) is 116 Å². The zero-order valence-corrected chi connectivity index (χ0v) is 30.5. The second-order valence-corrected chi connectivity index (χ2v) is 15.0. The summed E-state index contributed by atoms with van der Waals surface area (Å²) < 4.78 is 5.88. The summed E-state index contributed by atoms with van der Waals surface area (Å²) >= 11 is 6.42. The van der Waals surface area contributed by atoms with Crippen molar-refractivity contribution < 1.29 is 29.0 Å². The number of imide groups is 2. The van der Waals surface area contributed by atoms with Crippen LogP contribution in [0.5, 0.6) is 11.5 Å². The zero-order valence-electron chi connectivity index (χ0n) is 29.8. The smallest absolute Gasteiger partial charge is 0.246 e. The number of phenols is 1. The van der Waals surface area contributed by atoms with Crippen LogP contribution in [-0.2, 0) is 24.6 Å². The first-order valence-electron chi connectivity index (χ1n) is 18.3. The maximum atomic E-state index is 15.5. The molecule has 1 saturated carbocycles. The lowest BCUT2D eigenvalue weighted by molar-refractivity contribution is -0.127. The summed E-state index contributed by atoms with van der Waals surface area (Å²) in [5, 5.41) is 15.4. The number of phenolic OH excluding ortho intramolecular Hbond substituents is 1. The van der Waals surface area contributed by atoms with Crippen molar-refractivity contribution in [3.05, 3.63) is 155 Å². The molecule has 0 bridgehead atoms. The molecular formula is C45H36ClN3O6. The number of nitrogens with zero attached hydrogens (tertiary/aromatic N) is 2. The maximum absolute atomic E-state index is 15.5. The van der Waals surface area contributed by atoms with Crippen LogP contribution in [0.15, 0.2) is 139 Å². The van der Waals surface area contributed by atoms with Crippen LogP contribution in [0.2, 0.25) is 5.02 Å². The van der Waals surface area contributed by atoms with Crippen LogP contribution >= 0.6 is 11.6 Å². The van der Waals surface area contributed by atoms with Gasteiger partial charge in [-0.05, 0) is 91.1 Å². The Labute approximate surface area is 322 Å². The molecule has 2 heterocycles. The minimum absolute atomic E-state index is 0.108. The maximum Gasteiger partial charge on any atom is 0.246 e. The number of allylic oxidation sites excluding steroid dienone is 2. The zero-order chi connectivity index (χ0) is 38.0. The number of anilines is 4. The fraction of sp³-hybridized carbons (Fsp3) is 0.200. The largest absolute Gasteiger partial charge is 0.508 e. The van der Waals surface area contributed by atoms with Crippen molar-refractivity contribution in [1.82, 2.24) is 0 Å². The minimum Gasteiger partial charge on any atom is -0.508 e. The summed E-state index contributed by atoms with van der Waals surface area (Å²) in [5.74, 6) is -5.32. The second-order valence-electron chi connectivity index (χ2n) is 14.5. The summed E-state index contributed by atoms with van der Waals surface area (Å²) in [4.78, 5) is 61.9. The highest BCUT2D eigenvalue weighted by Crippen LogP contribution is 2.66. The van der Waals surface area contributed by atoms with Crippen LogP contribution in [0.25, 0.3) is 0 Å². The molecule has 2 aliphatic carbocycles. The summed E-state index contributed by atoms with van der Waals surface area (Å²) in [6.45, 7) is 0. The summed E-state index contributed by atoms with van der Waals surface area (Å²) in [5.41, 5.74) is 2.60. The van der Waals surface area contributed by atoms with Gasteiger partial charge in [0.05, 0.1) is 41.7 Å². The van der Waals surface area contributed by atoms with E-state index in [0.29, 0.717) is 33.3 Å². The summed E-state index contributed by atoms with van der Waals surface area (Å²) in [7, 11) is 1.49. The first kappa shape index (κ1) is 34.6. The molecule has 0 radical (unpaired) electrons. The third-order valence-electron chi connectivity index (χ3n) is 11.9. The number of rotatable bonds is 7. The Balaban J connectivity index is 1.19. The lowest BCUT2D eigenvalue weighted by Crippen LogP contribution is -2.53. The van der Waals surface area contributed by atoms with Gasteiger partial charge in [0.1, 0.15) is 11.5 Å². The quantitative estimate of drug-likeness (QED) is 0.127. The van der Waals surface area contributed by atoms with Crippen LogP contribution in [0, 0.1) is 23.7 Å². The molecule has 2 N–H and O–H groups in total. The number of aromatic hydroxyl groups is 1. The summed E-state index contributed by atoms with van der Waals surface area (Å²) in [6.07, 6.45) is 2.33. The van der Waals surface area contributed by atoms with E-state index in [1.54, 1.807) is 54.6 Å². The normalized spacial score (nSPS) is 25.6. The third kappa shape index (κ3) is 5.21. The molecule has 2 saturated heterocycles. The van der Waals surface area contributed by atoms with E-state index in [1.165, 1.54) is 16.9 Å². The lowest BCUT2D eigenvalue weighted by atomic mass is 9.49. The van der Waals surface area contributed by atoms with Gasteiger partial charge in [0.2, 0.25) is 23.6 Å². The molecule has 9 nitrogen and oxygen atoms in total. The average Bonchev–Trinajstić information content (AvgIpc) is 3.59. The Kier molecular flexibility index (Phi) is 8.35. The minimum atomic E-state index is -1.55. The number of carbonyl (C=O) groups excluding carboxylic acids is 4. The van der Waals surface area contributed by atoms with Gasteiger partial charge in [0.25, 0.3) is 0 Å². The van der Waals surface area contributed by atoms with E-state index >= 15 is 4.79 Å². The molecule has 4 amide bonds. The number of carbonyl (C=O) groups is 4. The Morgan fingerprint density at radius 1 is 0.727 bits per heavy atom. The highest BCUT2D eigenvalue weighted by Gasteiger charge is 2.71. The van der Waals surface area contributed by atoms with E-state index in [0.717, 1.165) is 16.9 Å². The number of halogens is 1. The lowest BCUT2D eigenvalue weighted by Gasteiger charge is -2.51. The van der Waals surface area contributed by atoms with E-state index in [2.05, 4.69) is 5.32 Å². The van der Waals surface area contributed by atoms with Crippen molar-refractivity contribution in [2.24, 2.45) is 23.7 Å². The second kappa shape index (κ2) is 13.3. The van der Waals surface area contributed by atoms with Crippen molar-refractivity contribution in [2.45, 2.75) is 24.2 Å². The predicted octanol–water partition coefficient (Wildman–Crippen LogP) is 8.16. The van der Waals surface area contributed by atoms with E-state index < -0.39 is 46.8 Å². The number of hydrogen-bond acceptors (Lipinski definition) is 7. The molecule has 5 aromatic rings. The van der Waals surface area contributed by atoms with Crippen molar-refractivity contribution in [1.29, 1.82) is 0 Å². The Morgan fingerprint density at radius 2 is 1.42 bits per heavy atom. The molecule has 6 atom stereocenters. The molecular weight excluding hydrogens is 714 g/mol. The van der Waals surface area contributed by atoms with E-state index in [-0.39, 0.29) is 30.4 Å². The number of ether oxygens (including phenoxy) is 1. The number of para-hydroxylation sites is 1. The molecule has 0 unspecified atom stereocenters. The Hall–Kier alpha value is -6.19. The number of fused-ring (bicyclic) bond motifs is 4. The van der Waals surface area contributed by atoms with E-state index in [9.17, 15) is 19.5 Å². The first-order valence-corrected chi connectivity index (χ1v) is 18.7. The van der Waals surface area contributed by atoms with Crippen LogP contribution in [0.1, 0.15) is 29.9 Å². The Bertz CT molecular complexity index is 2400. The number of methoxy groups -OCH3 is 1. The molecule has 9 rings (SSSR count). The fourth-order valence-corrected chi connectivity index (χ4v) is 9.88. The number of amides is 4. The number of benzene rings is 5. The van der Waals surface area contributed by atoms with Gasteiger partial charge in [-0.25, -0.2) is 4.90 Å². The van der Waals surface area contributed by atoms with Gasteiger partial charge in [0, 0.05) is 27.9 Å². The van der Waals surface area contributed by atoms with Crippen molar-refractivity contribution in [2.75, 3.05) is 22.2 Å².